The van der Waals surface area contributed by atoms with Crippen LogP contribution in [0.15, 0.2) is 48.5 Å². The SMILES string of the molecule is COc1c(F)cc([B-](c2cc(F)c(F)c(F)c2)(c2cc(F)c(OC)c(F)c2)c2cc(F)c(OC)c(F)c2)cc1F. The van der Waals surface area contributed by atoms with E-state index >= 15 is 26.3 Å². The van der Waals surface area contributed by atoms with Crippen molar-refractivity contribution in [3.63, 3.8) is 0 Å². The minimum atomic E-state index is -3.70. The fourth-order valence-corrected chi connectivity index (χ4v) is 5.05. The largest absolute Gasteiger partial charge is 0.491 e. The van der Waals surface area contributed by atoms with E-state index in [0.717, 1.165) is 21.3 Å². The third-order valence-corrected chi connectivity index (χ3v) is 6.68. The molecule has 0 fully saturated rings. The number of methoxy groups -OCH3 is 3. The van der Waals surface area contributed by atoms with Gasteiger partial charge in [-0.25, -0.2) is 39.5 Å². The molecule has 0 aromatic heterocycles. The Labute approximate surface area is 221 Å². The summed E-state index contributed by atoms with van der Waals surface area (Å²) in [5.74, 6) is -16.5. The van der Waals surface area contributed by atoms with Crippen molar-refractivity contribution in [2.24, 2.45) is 0 Å². The van der Waals surface area contributed by atoms with Crippen LogP contribution in [0.2, 0.25) is 0 Å². The molecule has 0 bridgehead atoms. The zero-order chi connectivity index (χ0) is 29.5. The van der Waals surface area contributed by atoms with Crippen LogP contribution < -0.4 is 36.1 Å². The molecule has 0 heterocycles. The summed E-state index contributed by atoms with van der Waals surface area (Å²) >= 11 is 0. The molecule has 0 aliphatic rings. The Kier molecular flexibility index (Phi) is 7.68. The normalized spacial score (nSPS) is 11.5. The Morgan fingerprint density at radius 1 is 0.375 bits per heavy atom. The van der Waals surface area contributed by atoms with Crippen molar-refractivity contribution < 1.29 is 53.7 Å². The number of ether oxygens (including phenoxy) is 3. The van der Waals surface area contributed by atoms with Gasteiger partial charge in [0.1, 0.15) is 6.15 Å². The van der Waals surface area contributed by atoms with Gasteiger partial charge in [0.2, 0.25) is 0 Å². The van der Waals surface area contributed by atoms with Gasteiger partial charge in [0.15, 0.2) is 69.6 Å². The summed E-state index contributed by atoms with van der Waals surface area (Å²) < 4.78 is 148. The minimum Gasteiger partial charge on any atom is -0.491 e. The molecule has 4 aromatic carbocycles. The van der Waals surface area contributed by atoms with Crippen molar-refractivity contribution >= 4 is 28.0 Å². The third-order valence-electron chi connectivity index (χ3n) is 6.68. The summed E-state index contributed by atoms with van der Waals surface area (Å²) in [6.07, 6.45) is -3.70. The van der Waals surface area contributed by atoms with Crippen LogP contribution in [0.3, 0.4) is 0 Å². The van der Waals surface area contributed by atoms with Gasteiger partial charge in [-0.15, -0.1) is 0 Å². The fraction of sp³-hybridized carbons (Fsp3) is 0.111. The Balaban J connectivity index is 2.32. The molecule has 0 N–H and O–H groups in total. The molecule has 0 amide bonds. The average Bonchev–Trinajstić information content (AvgIpc) is 2.87. The number of benzene rings is 4. The molecule has 0 spiro atoms. The van der Waals surface area contributed by atoms with E-state index in [1.165, 1.54) is 0 Å². The first kappa shape index (κ1) is 28.7. The molecular formula is C27H17BF9O3-. The first-order chi connectivity index (χ1) is 18.9. The van der Waals surface area contributed by atoms with E-state index in [9.17, 15) is 13.2 Å². The summed E-state index contributed by atoms with van der Waals surface area (Å²) in [5, 5.41) is 0. The maximum absolute atomic E-state index is 15.1. The Bertz CT molecular complexity index is 1390. The van der Waals surface area contributed by atoms with Crippen LogP contribution in [-0.4, -0.2) is 27.5 Å². The lowest BCUT2D eigenvalue weighted by molar-refractivity contribution is 0.360. The Morgan fingerprint density at radius 3 is 0.775 bits per heavy atom. The number of halogens is 9. The summed E-state index contributed by atoms with van der Waals surface area (Å²) in [6, 6.07) is 4.37. The van der Waals surface area contributed by atoms with Crippen LogP contribution in [0.1, 0.15) is 0 Å². The first-order valence-corrected chi connectivity index (χ1v) is 11.3. The van der Waals surface area contributed by atoms with E-state index in [4.69, 9.17) is 0 Å². The van der Waals surface area contributed by atoms with Gasteiger partial charge in [-0.05, 0) is 0 Å². The smallest absolute Gasteiger partial charge is 0.194 e. The van der Waals surface area contributed by atoms with Crippen LogP contribution in [-0.2, 0) is 0 Å². The van der Waals surface area contributed by atoms with E-state index in [-0.39, 0.29) is 0 Å². The molecule has 210 valence electrons. The fourth-order valence-electron chi connectivity index (χ4n) is 5.05. The average molecular weight is 571 g/mol. The third kappa shape index (κ3) is 4.48. The maximum Gasteiger partial charge on any atom is 0.194 e. The highest BCUT2D eigenvalue weighted by molar-refractivity contribution is 7.19. The highest BCUT2D eigenvalue weighted by atomic mass is 19.2. The van der Waals surface area contributed by atoms with Gasteiger partial charge in [-0.3, -0.25) is 0 Å². The summed E-state index contributed by atoms with van der Waals surface area (Å²) in [7, 11) is 2.81. The molecule has 0 aliphatic heterocycles. The van der Waals surface area contributed by atoms with Crippen molar-refractivity contribution in [3.8, 4) is 17.2 Å². The molecule has 0 atom stereocenters. The molecule has 0 saturated carbocycles. The van der Waals surface area contributed by atoms with Gasteiger partial charge in [0.25, 0.3) is 0 Å². The highest BCUT2D eigenvalue weighted by Gasteiger charge is 2.37. The van der Waals surface area contributed by atoms with Gasteiger partial charge in [-0.1, -0.05) is 48.5 Å². The predicted molar refractivity (Wildman–Crippen MR) is 129 cm³/mol. The number of rotatable bonds is 7. The summed E-state index contributed by atoms with van der Waals surface area (Å²) in [4.78, 5) is 0. The van der Waals surface area contributed by atoms with Gasteiger partial charge < -0.3 is 14.2 Å². The first-order valence-electron chi connectivity index (χ1n) is 11.3. The monoisotopic (exact) mass is 571 g/mol. The number of hydrogen-bond donors (Lipinski definition) is 0. The predicted octanol–water partition coefficient (Wildman–Crippen LogP) is 4.34. The second-order valence-electron chi connectivity index (χ2n) is 8.72. The molecule has 4 aromatic rings. The Hall–Kier alpha value is -4.29. The van der Waals surface area contributed by atoms with Crippen LogP contribution in [0.4, 0.5) is 39.5 Å². The topological polar surface area (TPSA) is 27.7 Å². The maximum atomic E-state index is 15.1. The van der Waals surface area contributed by atoms with Crippen molar-refractivity contribution in [2.45, 2.75) is 0 Å². The highest BCUT2D eigenvalue weighted by Crippen LogP contribution is 2.27. The van der Waals surface area contributed by atoms with Crippen LogP contribution in [0, 0.1) is 52.4 Å². The Morgan fingerprint density at radius 2 is 0.575 bits per heavy atom. The minimum absolute atomic E-state index is 0.387. The molecule has 3 nitrogen and oxygen atoms in total. The van der Waals surface area contributed by atoms with Crippen molar-refractivity contribution in [2.75, 3.05) is 21.3 Å². The van der Waals surface area contributed by atoms with Crippen molar-refractivity contribution in [1.29, 1.82) is 0 Å². The van der Waals surface area contributed by atoms with Gasteiger partial charge in [0, 0.05) is 0 Å². The lowest BCUT2D eigenvalue weighted by Crippen LogP contribution is -2.75. The van der Waals surface area contributed by atoms with Gasteiger partial charge in [0.05, 0.1) is 21.3 Å². The van der Waals surface area contributed by atoms with Crippen molar-refractivity contribution in [3.05, 3.63) is 101 Å². The molecule has 40 heavy (non-hydrogen) atoms. The van der Waals surface area contributed by atoms with Crippen molar-refractivity contribution in [1.82, 2.24) is 0 Å². The molecule has 0 radical (unpaired) electrons. The molecule has 0 aliphatic carbocycles. The van der Waals surface area contributed by atoms with E-state index in [1.807, 2.05) is 0 Å². The molecule has 13 heteroatoms. The lowest BCUT2D eigenvalue weighted by Gasteiger charge is -2.44. The second-order valence-corrected chi connectivity index (χ2v) is 8.72. The molecule has 4 rings (SSSR count). The van der Waals surface area contributed by atoms with Gasteiger partial charge >= 0.3 is 0 Å². The summed E-state index contributed by atoms with van der Waals surface area (Å²) in [5.41, 5.74) is -2.49. The van der Waals surface area contributed by atoms with E-state index in [0.29, 0.717) is 48.5 Å². The van der Waals surface area contributed by atoms with Crippen LogP contribution in [0.25, 0.3) is 0 Å². The van der Waals surface area contributed by atoms with Gasteiger partial charge in [-0.2, -0.15) is 21.9 Å². The van der Waals surface area contributed by atoms with E-state index in [2.05, 4.69) is 14.2 Å². The lowest BCUT2D eigenvalue weighted by atomic mass is 9.13. The zero-order valence-electron chi connectivity index (χ0n) is 20.8. The van der Waals surface area contributed by atoms with Crippen LogP contribution >= 0.6 is 0 Å². The number of hydrogen-bond acceptors (Lipinski definition) is 3. The zero-order valence-corrected chi connectivity index (χ0v) is 20.8. The quantitative estimate of drug-likeness (QED) is 0.188. The second kappa shape index (κ2) is 10.7. The molecule has 0 unspecified atom stereocenters. The summed E-state index contributed by atoms with van der Waals surface area (Å²) in [6.45, 7) is 0. The van der Waals surface area contributed by atoms with E-state index in [1.54, 1.807) is 0 Å². The van der Waals surface area contributed by atoms with E-state index < -0.39 is 97.6 Å². The van der Waals surface area contributed by atoms with Crippen LogP contribution in [0.5, 0.6) is 17.2 Å². The molecule has 0 saturated heterocycles. The standard InChI is InChI=1S/C27H17BF9O3/c1-38-25-18(31)6-13(7-19(25)32)28(12-4-16(29)24(37)17(30)5-12,14-8-20(33)26(39-2)21(34)9-14)15-10-22(35)27(40-3)23(36)11-15/h4-11H,1-3H3/q-1. The molecular weight excluding hydrogens is 554 g/mol.